The fourth-order valence-electron chi connectivity index (χ4n) is 1.48. The van der Waals surface area contributed by atoms with Crippen molar-refractivity contribution in [1.82, 2.24) is 0 Å². The summed E-state index contributed by atoms with van der Waals surface area (Å²) in [5, 5.41) is 0. The molecule has 0 aromatic carbocycles. The molecular weight excluding hydrogens is 196 g/mol. The molecule has 0 fully saturated rings. The van der Waals surface area contributed by atoms with Gasteiger partial charge in [0.25, 0.3) is 0 Å². The predicted octanol–water partition coefficient (Wildman–Crippen LogP) is 4.38. The van der Waals surface area contributed by atoms with Crippen molar-refractivity contribution < 1.29 is 4.42 Å². The molecular formula is C15H14O. The molecule has 0 saturated heterocycles. The average Bonchev–Trinajstić information content (AvgIpc) is 2.95. The molecule has 0 bridgehead atoms. The van der Waals surface area contributed by atoms with Gasteiger partial charge in [-0.1, -0.05) is 43.0 Å². The van der Waals surface area contributed by atoms with E-state index in [9.17, 15) is 0 Å². The van der Waals surface area contributed by atoms with Gasteiger partial charge in [-0.3, -0.25) is 0 Å². The van der Waals surface area contributed by atoms with E-state index >= 15 is 0 Å². The Morgan fingerprint density at radius 1 is 1.12 bits per heavy atom. The van der Waals surface area contributed by atoms with Gasteiger partial charge in [-0.2, -0.15) is 0 Å². The van der Waals surface area contributed by atoms with E-state index in [0.717, 1.165) is 17.9 Å². The molecule has 0 atom stereocenters. The van der Waals surface area contributed by atoms with Crippen LogP contribution in [0.2, 0.25) is 0 Å². The van der Waals surface area contributed by atoms with Crippen LogP contribution in [-0.2, 0) is 0 Å². The molecule has 0 unspecified atom stereocenters. The Balaban J connectivity index is 1.91. The summed E-state index contributed by atoms with van der Waals surface area (Å²) in [5.41, 5.74) is 1.33. The lowest BCUT2D eigenvalue weighted by Crippen LogP contribution is -1.67. The molecule has 1 aliphatic rings. The van der Waals surface area contributed by atoms with Gasteiger partial charge in [0.1, 0.15) is 11.5 Å². The number of hydrogen-bond acceptors (Lipinski definition) is 1. The van der Waals surface area contributed by atoms with Gasteiger partial charge in [0.2, 0.25) is 0 Å². The summed E-state index contributed by atoms with van der Waals surface area (Å²) in [6, 6.07) is 3.83. The molecule has 1 heteroatoms. The molecule has 0 amide bonds. The van der Waals surface area contributed by atoms with Gasteiger partial charge in [-0.15, -0.1) is 0 Å². The first-order chi connectivity index (χ1) is 7.88. The fraction of sp³-hybridized carbons (Fsp3) is 0.0667. The molecule has 0 radical (unpaired) electrons. The zero-order chi connectivity index (χ0) is 11.2. The van der Waals surface area contributed by atoms with Gasteiger partial charge in [-0.25, -0.2) is 0 Å². The minimum Gasteiger partial charge on any atom is -0.457 e. The Bertz CT molecular complexity index is 481. The first kappa shape index (κ1) is 10.5. The Morgan fingerprint density at radius 3 is 2.62 bits per heavy atom. The summed E-state index contributed by atoms with van der Waals surface area (Å²) in [6.45, 7) is 3.65. The lowest BCUT2D eigenvalue weighted by Gasteiger charge is -1.87. The van der Waals surface area contributed by atoms with Crippen LogP contribution in [0, 0.1) is 0 Å². The molecule has 1 aromatic rings. The summed E-state index contributed by atoms with van der Waals surface area (Å²) < 4.78 is 5.44. The highest BCUT2D eigenvalue weighted by molar-refractivity contribution is 5.50. The van der Waals surface area contributed by atoms with Crippen LogP contribution in [0.25, 0.3) is 12.2 Å². The van der Waals surface area contributed by atoms with E-state index in [4.69, 9.17) is 4.42 Å². The second-order valence-corrected chi connectivity index (χ2v) is 3.54. The third-order valence-corrected chi connectivity index (χ3v) is 2.33. The summed E-state index contributed by atoms with van der Waals surface area (Å²) in [5.74, 6) is 1.64. The predicted molar refractivity (Wildman–Crippen MR) is 68.8 cm³/mol. The molecule has 0 aliphatic heterocycles. The van der Waals surface area contributed by atoms with E-state index in [1.54, 1.807) is 6.08 Å². The minimum atomic E-state index is 0.798. The Hall–Kier alpha value is -2.02. The minimum absolute atomic E-state index is 0.798. The Labute approximate surface area is 95.8 Å². The molecule has 0 N–H and O–H groups in total. The van der Waals surface area contributed by atoms with Gasteiger partial charge < -0.3 is 4.42 Å². The van der Waals surface area contributed by atoms with Crippen molar-refractivity contribution in [2.75, 3.05) is 0 Å². The number of furan rings is 1. The van der Waals surface area contributed by atoms with Gasteiger partial charge in [0.15, 0.2) is 0 Å². The van der Waals surface area contributed by atoms with Gasteiger partial charge in [0, 0.05) is 0 Å². The highest BCUT2D eigenvalue weighted by Gasteiger charge is 1.93. The van der Waals surface area contributed by atoms with Crippen molar-refractivity contribution in [2.24, 2.45) is 0 Å². The normalized spacial score (nSPS) is 15.1. The van der Waals surface area contributed by atoms with E-state index in [-0.39, 0.29) is 0 Å². The van der Waals surface area contributed by atoms with Crippen molar-refractivity contribution >= 4 is 12.2 Å². The zero-order valence-electron chi connectivity index (χ0n) is 9.10. The molecule has 1 aromatic heterocycles. The molecule has 1 aliphatic carbocycles. The largest absolute Gasteiger partial charge is 0.457 e. The summed E-state index contributed by atoms with van der Waals surface area (Å²) in [6.07, 6.45) is 17.1. The van der Waals surface area contributed by atoms with Crippen molar-refractivity contribution in [3.05, 3.63) is 72.3 Å². The highest BCUT2D eigenvalue weighted by Crippen LogP contribution is 2.12. The van der Waals surface area contributed by atoms with Crippen LogP contribution in [0.3, 0.4) is 0 Å². The summed E-state index contributed by atoms with van der Waals surface area (Å²) in [7, 11) is 0. The van der Waals surface area contributed by atoms with Crippen LogP contribution in [0.5, 0.6) is 0 Å². The summed E-state index contributed by atoms with van der Waals surface area (Å²) >= 11 is 0. The van der Waals surface area contributed by atoms with Crippen LogP contribution < -0.4 is 0 Å². The van der Waals surface area contributed by atoms with Crippen molar-refractivity contribution in [1.29, 1.82) is 0 Å². The number of allylic oxidation sites excluding steroid dienone is 7. The first-order valence-corrected chi connectivity index (χ1v) is 5.31. The third kappa shape index (κ3) is 2.74. The third-order valence-electron chi connectivity index (χ3n) is 2.33. The Morgan fingerprint density at radius 2 is 1.94 bits per heavy atom. The van der Waals surface area contributed by atoms with Crippen LogP contribution >= 0.6 is 0 Å². The molecule has 0 spiro atoms. The maximum atomic E-state index is 5.44. The summed E-state index contributed by atoms with van der Waals surface area (Å²) in [4.78, 5) is 0. The van der Waals surface area contributed by atoms with Crippen LogP contribution in [0.1, 0.15) is 17.9 Å². The smallest absolute Gasteiger partial charge is 0.127 e. The molecule has 1 nitrogen and oxygen atoms in total. The van der Waals surface area contributed by atoms with Crippen LogP contribution in [0.15, 0.2) is 65.2 Å². The average molecular weight is 210 g/mol. The lowest BCUT2D eigenvalue weighted by atomic mass is 10.2. The van der Waals surface area contributed by atoms with Gasteiger partial charge >= 0.3 is 0 Å². The lowest BCUT2D eigenvalue weighted by molar-refractivity contribution is 0.547. The highest BCUT2D eigenvalue weighted by atomic mass is 16.3. The molecule has 0 saturated carbocycles. The van der Waals surface area contributed by atoms with Crippen LogP contribution in [-0.4, -0.2) is 0 Å². The van der Waals surface area contributed by atoms with Crippen molar-refractivity contribution in [3.8, 4) is 0 Å². The second-order valence-electron chi connectivity index (χ2n) is 3.54. The van der Waals surface area contributed by atoms with Crippen molar-refractivity contribution in [2.45, 2.75) is 6.42 Å². The monoisotopic (exact) mass is 210 g/mol. The first-order valence-electron chi connectivity index (χ1n) is 5.31. The molecule has 80 valence electrons. The molecule has 1 heterocycles. The van der Waals surface area contributed by atoms with E-state index < -0.39 is 0 Å². The zero-order valence-corrected chi connectivity index (χ0v) is 9.10. The van der Waals surface area contributed by atoms with E-state index in [1.165, 1.54) is 5.57 Å². The standard InChI is InChI=1S/C15H14O/c1-2-14-11-12-15(16-14)10-6-5-9-13-7-3-4-8-13/h2-7,9-12H,1,8H2/b9-5+,10-6+. The topological polar surface area (TPSA) is 13.1 Å². The Kier molecular flexibility index (Phi) is 3.39. The van der Waals surface area contributed by atoms with Crippen LogP contribution in [0.4, 0.5) is 0 Å². The maximum Gasteiger partial charge on any atom is 0.127 e. The molecule has 2 rings (SSSR count). The quantitative estimate of drug-likeness (QED) is 0.672. The number of rotatable bonds is 4. The fourth-order valence-corrected chi connectivity index (χ4v) is 1.48. The van der Waals surface area contributed by atoms with Gasteiger partial charge in [0.05, 0.1) is 0 Å². The molecule has 16 heavy (non-hydrogen) atoms. The number of hydrogen-bond donors (Lipinski definition) is 0. The second kappa shape index (κ2) is 5.17. The van der Waals surface area contributed by atoms with Gasteiger partial charge in [-0.05, 0) is 36.3 Å². The SMILES string of the molecule is C=Cc1ccc(/C=C/C=C/C2=CC=CC2)o1. The maximum absolute atomic E-state index is 5.44. The van der Waals surface area contributed by atoms with E-state index in [2.05, 4.69) is 30.9 Å². The van der Waals surface area contributed by atoms with E-state index in [1.807, 2.05) is 30.4 Å². The van der Waals surface area contributed by atoms with Crippen molar-refractivity contribution in [3.63, 3.8) is 0 Å². The van der Waals surface area contributed by atoms with E-state index in [0.29, 0.717) is 0 Å².